The van der Waals surface area contributed by atoms with Crippen LogP contribution in [0.4, 0.5) is 5.69 Å². The second-order valence-electron chi connectivity index (χ2n) is 4.49. The van der Waals surface area contributed by atoms with Gasteiger partial charge in [0, 0.05) is 45.0 Å². The van der Waals surface area contributed by atoms with Gasteiger partial charge in [-0.15, -0.1) is 0 Å². The third-order valence-electron chi connectivity index (χ3n) is 3.16. The van der Waals surface area contributed by atoms with E-state index < -0.39 is 0 Å². The Balaban J connectivity index is 2.28. The Morgan fingerprint density at radius 3 is 2.16 bits per heavy atom. The summed E-state index contributed by atoms with van der Waals surface area (Å²) in [6, 6.07) is 8.74. The van der Waals surface area contributed by atoms with Gasteiger partial charge in [0.25, 0.3) is 0 Å². The average Bonchev–Trinajstić information content (AvgIpc) is 2.45. The summed E-state index contributed by atoms with van der Waals surface area (Å²) in [6.07, 6.45) is 0. The van der Waals surface area contributed by atoms with E-state index in [0.29, 0.717) is 6.54 Å². The van der Waals surface area contributed by atoms with Crippen molar-refractivity contribution < 1.29 is 5.11 Å². The van der Waals surface area contributed by atoms with Crippen molar-refractivity contribution in [2.45, 2.75) is 20.4 Å². The summed E-state index contributed by atoms with van der Waals surface area (Å²) in [7, 11) is 0. The predicted molar refractivity (Wildman–Crippen MR) is 81.7 cm³/mol. The molecule has 3 N–H and O–H groups in total. The van der Waals surface area contributed by atoms with Crippen molar-refractivity contribution >= 4 is 5.69 Å². The molecule has 0 radical (unpaired) electrons. The molecule has 0 heterocycles. The molecule has 108 valence electrons. The molecule has 4 nitrogen and oxygen atoms in total. The van der Waals surface area contributed by atoms with Gasteiger partial charge in [-0.1, -0.05) is 12.1 Å². The van der Waals surface area contributed by atoms with Gasteiger partial charge in [-0.25, -0.2) is 0 Å². The summed E-state index contributed by atoms with van der Waals surface area (Å²) in [5.41, 5.74) is 2.59. The average molecular weight is 265 g/mol. The summed E-state index contributed by atoms with van der Waals surface area (Å²) in [6.45, 7) is 10.0. The van der Waals surface area contributed by atoms with Gasteiger partial charge in [0.1, 0.15) is 0 Å². The fourth-order valence-electron chi connectivity index (χ4n) is 2.03. The number of nitrogens with one attached hydrogen (secondary N) is 2. The fraction of sp³-hybridized carbons (Fsp3) is 0.600. The molecule has 0 saturated heterocycles. The highest BCUT2D eigenvalue weighted by atomic mass is 16.3. The fourth-order valence-corrected chi connectivity index (χ4v) is 2.03. The van der Waals surface area contributed by atoms with Crippen molar-refractivity contribution in [3.63, 3.8) is 0 Å². The maximum Gasteiger partial charge on any atom is 0.0555 e. The summed E-state index contributed by atoms with van der Waals surface area (Å²) in [4.78, 5) is 2.34. The van der Waals surface area contributed by atoms with E-state index in [2.05, 4.69) is 53.6 Å². The third-order valence-corrected chi connectivity index (χ3v) is 3.16. The van der Waals surface area contributed by atoms with Gasteiger partial charge in [-0.3, -0.25) is 0 Å². The molecule has 0 amide bonds. The van der Waals surface area contributed by atoms with Crippen molar-refractivity contribution in [1.29, 1.82) is 0 Å². The molecule has 0 fully saturated rings. The van der Waals surface area contributed by atoms with Crippen LogP contribution in [0.25, 0.3) is 0 Å². The standard InChI is InChI=1S/C15H27N3O/c1-3-18(4-2)15-7-5-14(6-8-15)13-17-10-9-16-11-12-19/h5-8,16-17,19H,3-4,9-13H2,1-2H3. The van der Waals surface area contributed by atoms with Crippen LogP contribution in [0.15, 0.2) is 24.3 Å². The summed E-state index contributed by atoms with van der Waals surface area (Å²) >= 11 is 0. The molecule has 4 heteroatoms. The molecule has 0 aliphatic rings. The molecule has 1 aromatic rings. The minimum Gasteiger partial charge on any atom is -0.395 e. The predicted octanol–water partition coefficient (Wildman–Crippen LogP) is 1.20. The van der Waals surface area contributed by atoms with Crippen molar-refractivity contribution in [3.05, 3.63) is 29.8 Å². The lowest BCUT2D eigenvalue weighted by Crippen LogP contribution is -2.28. The lowest BCUT2D eigenvalue weighted by Gasteiger charge is -2.21. The van der Waals surface area contributed by atoms with E-state index in [1.165, 1.54) is 11.3 Å². The van der Waals surface area contributed by atoms with E-state index in [9.17, 15) is 0 Å². The molecular weight excluding hydrogens is 238 g/mol. The lowest BCUT2D eigenvalue weighted by molar-refractivity contribution is 0.292. The summed E-state index contributed by atoms with van der Waals surface area (Å²) in [5.74, 6) is 0. The van der Waals surface area contributed by atoms with Crippen LogP contribution in [-0.2, 0) is 6.54 Å². The number of hydrogen-bond acceptors (Lipinski definition) is 4. The van der Waals surface area contributed by atoms with Gasteiger partial charge in [0.2, 0.25) is 0 Å². The first kappa shape index (κ1) is 16.0. The van der Waals surface area contributed by atoms with Crippen molar-refractivity contribution in [2.24, 2.45) is 0 Å². The third kappa shape index (κ3) is 6.05. The smallest absolute Gasteiger partial charge is 0.0555 e. The van der Waals surface area contributed by atoms with Gasteiger partial charge in [0.15, 0.2) is 0 Å². The van der Waals surface area contributed by atoms with Crippen LogP contribution >= 0.6 is 0 Å². The molecular formula is C15H27N3O. The SMILES string of the molecule is CCN(CC)c1ccc(CNCCNCCO)cc1. The zero-order chi connectivity index (χ0) is 13.9. The Morgan fingerprint density at radius 1 is 0.947 bits per heavy atom. The van der Waals surface area contributed by atoms with Crippen LogP contribution < -0.4 is 15.5 Å². The first-order chi connectivity index (χ1) is 9.31. The number of aliphatic hydroxyl groups is 1. The molecule has 0 bridgehead atoms. The molecule has 0 atom stereocenters. The Bertz CT molecular complexity index is 323. The first-order valence-electron chi connectivity index (χ1n) is 7.18. The molecule has 0 aliphatic carbocycles. The van der Waals surface area contributed by atoms with Crippen molar-refractivity contribution in [3.8, 4) is 0 Å². The Morgan fingerprint density at radius 2 is 1.58 bits per heavy atom. The van der Waals surface area contributed by atoms with E-state index >= 15 is 0 Å². The number of rotatable bonds is 10. The quantitative estimate of drug-likeness (QED) is 0.557. The zero-order valence-electron chi connectivity index (χ0n) is 12.2. The highest BCUT2D eigenvalue weighted by Gasteiger charge is 2.00. The van der Waals surface area contributed by atoms with Crippen molar-refractivity contribution in [2.75, 3.05) is 44.2 Å². The zero-order valence-corrected chi connectivity index (χ0v) is 12.2. The van der Waals surface area contributed by atoms with Gasteiger partial charge < -0.3 is 20.6 Å². The highest BCUT2D eigenvalue weighted by molar-refractivity contribution is 5.47. The minimum absolute atomic E-state index is 0.201. The topological polar surface area (TPSA) is 47.5 Å². The number of benzene rings is 1. The van der Waals surface area contributed by atoms with Crippen molar-refractivity contribution in [1.82, 2.24) is 10.6 Å². The lowest BCUT2D eigenvalue weighted by atomic mass is 10.2. The van der Waals surface area contributed by atoms with Crippen LogP contribution in [0.5, 0.6) is 0 Å². The second-order valence-corrected chi connectivity index (χ2v) is 4.49. The van der Waals surface area contributed by atoms with Crippen LogP contribution in [-0.4, -0.2) is 44.4 Å². The van der Waals surface area contributed by atoms with Gasteiger partial charge in [0.05, 0.1) is 6.61 Å². The van der Waals surface area contributed by atoms with Gasteiger partial charge >= 0.3 is 0 Å². The minimum atomic E-state index is 0.201. The largest absolute Gasteiger partial charge is 0.395 e. The number of nitrogens with zero attached hydrogens (tertiary/aromatic N) is 1. The number of hydrogen-bond donors (Lipinski definition) is 3. The Labute approximate surface area is 116 Å². The van der Waals surface area contributed by atoms with Crippen LogP contribution in [0.3, 0.4) is 0 Å². The Kier molecular flexibility index (Phi) is 8.21. The molecule has 0 aliphatic heterocycles. The van der Waals surface area contributed by atoms with Gasteiger partial charge in [-0.2, -0.15) is 0 Å². The van der Waals surface area contributed by atoms with E-state index in [4.69, 9.17) is 5.11 Å². The molecule has 0 aromatic heterocycles. The summed E-state index contributed by atoms with van der Waals surface area (Å²) in [5, 5.41) is 15.1. The molecule has 0 spiro atoms. The molecule has 1 rings (SSSR count). The summed E-state index contributed by atoms with van der Waals surface area (Å²) < 4.78 is 0. The van der Waals surface area contributed by atoms with Crippen LogP contribution in [0.2, 0.25) is 0 Å². The van der Waals surface area contributed by atoms with E-state index in [1.54, 1.807) is 0 Å². The maximum atomic E-state index is 8.63. The van der Waals surface area contributed by atoms with E-state index in [1.807, 2.05) is 0 Å². The molecule has 0 unspecified atom stereocenters. The van der Waals surface area contributed by atoms with E-state index in [-0.39, 0.29) is 6.61 Å². The number of aliphatic hydroxyl groups excluding tert-OH is 1. The van der Waals surface area contributed by atoms with Gasteiger partial charge in [-0.05, 0) is 31.5 Å². The molecule has 0 saturated carbocycles. The normalized spacial score (nSPS) is 10.7. The highest BCUT2D eigenvalue weighted by Crippen LogP contribution is 2.14. The Hall–Kier alpha value is -1.10. The van der Waals surface area contributed by atoms with E-state index in [0.717, 1.165) is 32.7 Å². The van der Waals surface area contributed by atoms with Crippen LogP contribution in [0.1, 0.15) is 19.4 Å². The molecule has 1 aromatic carbocycles. The first-order valence-corrected chi connectivity index (χ1v) is 7.18. The monoisotopic (exact) mass is 265 g/mol. The van der Waals surface area contributed by atoms with Crippen LogP contribution in [0, 0.1) is 0 Å². The number of anilines is 1. The maximum absolute atomic E-state index is 8.63. The second kappa shape index (κ2) is 9.78. The molecule has 19 heavy (non-hydrogen) atoms.